The molecule has 4 heteroatoms. The third kappa shape index (κ3) is 4.45. The minimum Gasteiger partial charge on any atom is -0.343 e. The van der Waals surface area contributed by atoms with Gasteiger partial charge >= 0.3 is 0 Å². The molecule has 0 N–H and O–H groups in total. The van der Waals surface area contributed by atoms with Gasteiger partial charge < -0.3 is 9.80 Å². The van der Waals surface area contributed by atoms with E-state index in [2.05, 4.69) is 6.92 Å². The van der Waals surface area contributed by atoms with E-state index < -0.39 is 5.41 Å². The van der Waals surface area contributed by atoms with Crippen molar-refractivity contribution >= 4 is 11.8 Å². The summed E-state index contributed by atoms with van der Waals surface area (Å²) >= 11 is 0. The van der Waals surface area contributed by atoms with E-state index in [1.807, 2.05) is 16.7 Å². The fourth-order valence-corrected chi connectivity index (χ4v) is 3.34. The molecule has 2 amide bonds. The predicted octanol–water partition coefficient (Wildman–Crippen LogP) is 2.63. The maximum absolute atomic E-state index is 12.5. The first-order chi connectivity index (χ1) is 10.0. The zero-order valence-electron chi connectivity index (χ0n) is 13.4. The van der Waals surface area contributed by atoms with Gasteiger partial charge in [0.05, 0.1) is 0 Å². The van der Waals surface area contributed by atoms with Crippen molar-refractivity contribution in [2.75, 3.05) is 26.2 Å². The van der Waals surface area contributed by atoms with Gasteiger partial charge in [-0.1, -0.05) is 6.92 Å². The maximum atomic E-state index is 12.5. The van der Waals surface area contributed by atoms with Gasteiger partial charge in [-0.05, 0) is 51.9 Å². The maximum Gasteiger partial charge on any atom is 0.228 e. The van der Waals surface area contributed by atoms with Crippen LogP contribution in [0.2, 0.25) is 0 Å². The Kier molecular flexibility index (Phi) is 5.65. The summed E-state index contributed by atoms with van der Waals surface area (Å²) in [6.45, 7) is 9.61. The lowest BCUT2D eigenvalue weighted by Gasteiger charge is -2.34. The van der Waals surface area contributed by atoms with Crippen molar-refractivity contribution in [3.63, 3.8) is 0 Å². The Bertz CT molecular complexity index is 367. The molecule has 2 aliphatic heterocycles. The van der Waals surface area contributed by atoms with Crippen LogP contribution in [0, 0.1) is 12.3 Å². The number of carbonyl (C=O) groups is 2. The number of rotatable bonds is 5. The van der Waals surface area contributed by atoms with E-state index in [1.165, 1.54) is 6.42 Å². The summed E-state index contributed by atoms with van der Waals surface area (Å²) in [6.07, 6.45) is 7.71. The SMILES string of the molecule is [CH2]C(C)(CCCC(=O)N1CCCC1)C(=O)N1CCCCC1. The Morgan fingerprint density at radius 1 is 0.952 bits per heavy atom. The van der Waals surface area contributed by atoms with Crippen LogP contribution >= 0.6 is 0 Å². The summed E-state index contributed by atoms with van der Waals surface area (Å²) in [5, 5.41) is 0. The number of nitrogens with zero attached hydrogens (tertiary/aromatic N) is 2. The lowest BCUT2D eigenvalue weighted by molar-refractivity contribution is -0.140. The van der Waals surface area contributed by atoms with E-state index in [9.17, 15) is 9.59 Å². The van der Waals surface area contributed by atoms with Gasteiger partial charge in [-0.25, -0.2) is 0 Å². The quantitative estimate of drug-likeness (QED) is 0.782. The highest BCUT2D eigenvalue weighted by Crippen LogP contribution is 2.27. The van der Waals surface area contributed by atoms with Crippen molar-refractivity contribution in [3.05, 3.63) is 6.92 Å². The molecule has 2 fully saturated rings. The van der Waals surface area contributed by atoms with Gasteiger partial charge in [-0.3, -0.25) is 9.59 Å². The fraction of sp³-hybridized carbons (Fsp3) is 0.824. The van der Waals surface area contributed by atoms with E-state index in [0.717, 1.165) is 58.3 Å². The molecule has 119 valence electrons. The Hall–Kier alpha value is -1.06. The first kappa shape index (κ1) is 16.3. The third-order valence-electron chi connectivity index (χ3n) is 4.74. The van der Waals surface area contributed by atoms with E-state index in [0.29, 0.717) is 12.8 Å². The average Bonchev–Trinajstić information content (AvgIpc) is 3.01. The summed E-state index contributed by atoms with van der Waals surface area (Å²) in [5.41, 5.74) is -0.581. The Morgan fingerprint density at radius 3 is 2.10 bits per heavy atom. The Balaban J connectivity index is 1.74. The highest BCUT2D eigenvalue weighted by atomic mass is 16.2. The van der Waals surface area contributed by atoms with Crippen LogP contribution in [0.3, 0.4) is 0 Å². The molecule has 0 saturated carbocycles. The molecule has 0 aliphatic carbocycles. The standard InChI is InChI=1S/C17H29N2O2/c1-17(2,16(21)19-13-4-3-5-14-19)10-8-9-15(20)18-11-6-7-12-18/h1,3-14H2,2H3. The van der Waals surface area contributed by atoms with Crippen LogP contribution in [-0.2, 0) is 9.59 Å². The van der Waals surface area contributed by atoms with Gasteiger partial charge in [0.2, 0.25) is 11.8 Å². The second-order valence-corrected chi connectivity index (χ2v) is 6.85. The molecule has 21 heavy (non-hydrogen) atoms. The molecule has 1 radical (unpaired) electrons. The van der Waals surface area contributed by atoms with Crippen LogP contribution in [0.4, 0.5) is 0 Å². The molecule has 2 saturated heterocycles. The number of hydrogen-bond donors (Lipinski definition) is 0. The molecular formula is C17H29N2O2. The van der Waals surface area contributed by atoms with E-state index in [4.69, 9.17) is 0 Å². The summed E-state index contributed by atoms with van der Waals surface area (Å²) < 4.78 is 0. The van der Waals surface area contributed by atoms with E-state index in [1.54, 1.807) is 0 Å². The molecule has 2 aliphatic rings. The molecule has 0 bridgehead atoms. The largest absolute Gasteiger partial charge is 0.343 e. The van der Waals surface area contributed by atoms with Crippen LogP contribution in [0.1, 0.15) is 58.3 Å². The normalized spacial score (nSPS) is 19.9. The number of hydrogen-bond acceptors (Lipinski definition) is 2. The molecule has 0 spiro atoms. The highest BCUT2D eigenvalue weighted by Gasteiger charge is 2.32. The number of amides is 2. The van der Waals surface area contributed by atoms with Crippen LogP contribution in [-0.4, -0.2) is 47.8 Å². The van der Waals surface area contributed by atoms with Crippen LogP contribution in [0.25, 0.3) is 0 Å². The molecule has 2 heterocycles. The lowest BCUT2D eigenvalue weighted by atomic mass is 9.85. The van der Waals surface area contributed by atoms with E-state index >= 15 is 0 Å². The average molecular weight is 293 g/mol. The first-order valence-corrected chi connectivity index (χ1v) is 8.43. The summed E-state index contributed by atoms with van der Waals surface area (Å²) in [4.78, 5) is 28.4. The smallest absolute Gasteiger partial charge is 0.228 e. The van der Waals surface area contributed by atoms with Crippen LogP contribution in [0.15, 0.2) is 0 Å². The van der Waals surface area contributed by atoms with Gasteiger partial charge in [-0.2, -0.15) is 0 Å². The molecule has 0 aromatic heterocycles. The second kappa shape index (κ2) is 7.28. The third-order valence-corrected chi connectivity index (χ3v) is 4.74. The predicted molar refractivity (Wildman–Crippen MR) is 83.6 cm³/mol. The van der Waals surface area contributed by atoms with Crippen LogP contribution < -0.4 is 0 Å². The summed E-state index contributed by atoms with van der Waals surface area (Å²) in [5.74, 6) is 0.407. The number of piperidine rings is 1. The highest BCUT2D eigenvalue weighted by molar-refractivity contribution is 5.83. The van der Waals surface area contributed by atoms with Gasteiger partial charge in [0.15, 0.2) is 0 Å². The van der Waals surface area contributed by atoms with Gasteiger partial charge in [0.1, 0.15) is 0 Å². The van der Waals surface area contributed by atoms with Crippen molar-refractivity contribution in [2.24, 2.45) is 5.41 Å². The topological polar surface area (TPSA) is 40.6 Å². The molecule has 0 aromatic carbocycles. The number of likely N-dealkylation sites (tertiary alicyclic amines) is 2. The molecule has 1 atom stereocenters. The van der Waals surface area contributed by atoms with Crippen molar-refractivity contribution in [1.82, 2.24) is 9.80 Å². The zero-order valence-corrected chi connectivity index (χ0v) is 13.4. The molecule has 2 rings (SSSR count). The molecular weight excluding hydrogens is 264 g/mol. The minimum absolute atomic E-state index is 0.163. The van der Waals surface area contributed by atoms with Crippen molar-refractivity contribution in [3.8, 4) is 0 Å². The zero-order chi connectivity index (χ0) is 15.3. The number of carbonyl (C=O) groups excluding carboxylic acids is 2. The van der Waals surface area contributed by atoms with Crippen molar-refractivity contribution in [1.29, 1.82) is 0 Å². The van der Waals surface area contributed by atoms with Crippen LogP contribution in [0.5, 0.6) is 0 Å². The molecule has 4 nitrogen and oxygen atoms in total. The lowest BCUT2D eigenvalue weighted by Crippen LogP contribution is -2.43. The molecule has 1 unspecified atom stereocenters. The van der Waals surface area contributed by atoms with E-state index in [-0.39, 0.29) is 11.8 Å². The minimum atomic E-state index is -0.581. The Labute approximate surface area is 128 Å². The van der Waals surface area contributed by atoms with Gasteiger partial charge in [-0.15, -0.1) is 0 Å². The monoisotopic (exact) mass is 293 g/mol. The summed E-state index contributed by atoms with van der Waals surface area (Å²) in [6, 6.07) is 0. The van der Waals surface area contributed by atoms with Crippen molar-refractivity contribution in [2.45, 2.75) is 58.3 Å². The Morgan fingerprint density at radius 2 is 1.48 bits per heavy atom. The second-order valence-electron chi connectivity index (χ2n) is 6.85. The fourth-order valence-electron chi connectivity index (χ4n) is 3.34. The summed E-state index contributed by atoms with van der Waals surface area (Å²) in [7, 11) is 0. The van der Waals surface area contributed by atoms with Gasteiger partial charge in [0.25, 0.3) is 0 Å². The van der Waals surface area contributed by atoms with Gasteiger partial charge in [0, 0.05) is 38.0 Å². The molecule has 0 aromatic rings. The first-order valence-electron chi connectivity index (χ1n) is 8.43. The van der Waals surface area contributed by atoms with Crippen molar-refractivity contribution < 1.29 is 9.59 Å².